The summed E-state index contributed by atoms with van der Waals surface area (Å²) in [5.74, 6) is 2.02. The lowest BCUT2D eigenvalue weighted by Gasteiger charge is -2.36. The summed E-state index contributed by atoms with van der Waals surface area (Å²) in [4.78, 5) is 14.3. The lowest BCUT2D eigenvalue weighted by molar-refractivity contribution is 0.643. The molecule has 3 aromatic heterocycles. The van der Waals surface area contributed by atoms with Crippen LogP contribution in [0, 0.1) is 0 Å². The number of hydrogen-bond donors (Lipinski definition) is 0. The van der Waals surface area contributed by atoms with Gasteiger partial charge in [-0.15, -0.1) is 5.10 Å². The Labute approximate surface area is 179 Å². The van der Waals surface area contributed by atoms with Crippen LogP contribution in [0.3, 0.4) is 0 Å². The maximum Gasteiger partial charge on any atom is 0.186 e. The van der Waals surface area contributed by atoms with Gasteiger partial charge in [-0.3, -0.25) is 0 Å². The van der Waals surface area contributed by atoms with Crippen molar-refractivity contribution >= 4 is 28.2 Å². The summed E-state index contributed by atoms with van der Waals surface area (Å²) < 4.78 is 1.85. The number of nitrogens with zero attached hydrogens (tertiary/aromatic N) is 7. The first-order valence-electron chi connectivity index (χ1n) is 10.5. The largest absolute Gasteiger partial charge is 0.353 e. The van der Waals surface area contributed by atoms with E-state index in [0.29, 0.717) is 0 Å². The summed E-state index contributed by atoms with van der Waals surface area (Å²) in [6.07, 6.45) is 1.85. The van der Waals surface area contributed by atoms with Gasteiger partial charge in [0.2, 0.25) is 0 Å². The smallest absolute Gasteiger partial charge is 0.186 e. The summed E-state index contributed by atoms with van der Waals surface area (Å²) in [7, 11) is 0. The standard InChI is InChI=1S/C24H21N7/c1-2-8-18(9-3-1)22-24-26-23(19-10-4-5-11-20(19)31(24)28-27-22)30-16-14-29(15-17-30)21-12-6-7-13-25-21/h1-13H,14-17H2. The number of aromatic nitrogens is 5. The molecule has 7 nitrogen and oxygen atoms in total. The first-order valence-corrected chi connectivity index (χ1v) is 10.5. The predicted octanol–water partition coefficient (Wildman–Crippen LogP) is 3.67. The van der Waals surface area contributed by atoms with Gasteiger partial charge < -0.3 is 9.80 Å². The van der Waals surface area contributed by atoms with E-state index in [-0.39, 0.29) is 0 Å². The van der Waals surface area contributed by atoms with Gasteiger partial charge in [-0.1, -0.05) is 53.7 Å². The van der Waals surface area contributed by atoms with E-state index in [4.69, 9.17) is 4.98 Å². The Hall–Kier alpha value is -4.00. The van der Waals surface area contributed by atoms with Crippen molar-refractivity contribution in [2.45, 2.75) is 0 Å². The highest BCUT2D eigenvalue weighted by atomic mass is 15.4. The molecule has 0 unspecified atom stereocenters. The Morgan fingerprint density at radius 3 is 2.26 bits per heavy atom. The van der Waals surface area contributed by atoms with Crippen LogP contribution in [-0.4, -0.2) is 51.0 Å². The molecule has 1 fully saturated rings. The second-order valence-electron chi connectivity index (χ2n) is 7.65. The molecule has 0 N–H and O–H groups in total. The first-order chi connectivity index (χ1) is 15.4. The minimum atomic E-state index is 0.784. The van der Waals surface area contributed by atoms with E-state index in [1.807, 2.05) is 59.2 Å². The van der Waals surface area contributed by atoms with Gasteiger partial charge in [0.05, 0.1) is 5.52 Å². The van der Waals surface area contributed by atoms with Gasteiger partial charge in [-0.05, 0) is 24.3 Å². The lowest BCUT2D eigenvalue weighted by atomic mass is 10.1. The third-order valence-corrected chi connectivity index (χ3v) is 5.83. The first kappa shape index (κ1) is 17.8. The maximum atomic E-state index is 5.09. The molecule has 1 saturated heterocycles. The van der Waals surface area contributed by atoms with E-state index in [1.54, 1.807) is 0 Å². The molecule has 0 saturated carbocycles. The average molecular weight is 407 g/mol. The Kier molecular flexibility index (Phi) is 4.23. The normalized spacial score (nSPS) is 14.5. The predicted molar refractivity (Wildman–Crippen MR) is 122 cm³/mol. The Bertz CT molecular complexity index is 1340. The molecule has 0 spiro atoms. The van der Waals surface area contributed by atoms with Gasteiger partial charge in [-0.2, -0.15) is 4.52 Å². The molecule has 0 bridgehead atoms. The fraction of sp³-hybridized carbons (Fsp3) is 0.167. The fourth-order valence-electron chi connectivity index (χ4n) is 4.26. The van der Waals surface area contributed by atoms with Crippen LogP contribution in [0.25, 0.3) is 27.8 Å². The van der Waals surface area contributed by atoms with Crippen molar-refractivity contribution in [3.8, 4) is 11.3 Å². The number of hydrogen-bond acceptors (Lipinski definition) is 6. The molecular weight excluding hydrogens is 386 g/mol. The molecule has 31 heavy (non-hydrogen) atoms. The monoisotopic (exact) mass is 407 g/mol. The SMILES string of the molecule is c1ccc(-c2nnn3c2nc(N2CCN(c4ccccn4)CC2)c2ccccc23)cc1. The molecule has 0 radical (unpaired) electrons. The highest BCUT2D eigenvalue weighted by molar-refractivity contribution is 5.93. The van der Waals surface area contributed by atoms with Crippen molar-refractivity contribution in [1.82, 2.24) is 24.8 Å². The molecule has 0 atom stereocenters. The van der Waals surface area contributed by atoms with Crippen molar-refractivity contribution in [3.05, 3.63) is 79.0 Å². The van der Waals surface area contributed by atoms with E-state index in [1.165, 1.54) is 0 Å². The second kappa shape index (κ2) is 7.36. The van der Waals surface area contributed by atoms with Crippen LogP contribution in [-0.2, 0) is 0 Å². The van der Waals surface area contributed by atoms with Crippen LogP contribution in [0.2, 0.25) is 0 Å². The maximum absolute atomic E-state index is 5.09. The van der Waals surface area contributed by atoms with Gasteiger partial charge in [0.15, 0.2) is 5.65 Å². The summed E-state index contributed by atoms with van der Waals surface area (Å²) in [5, 5.41) is 9.99. The zero-order valence-electron chi connectivity index (χ0n) is 17.0. The van der Waals surface area contributed by atoms with E-state index in [0.717, 1.165) is 65.6 Å². The van der Waals surface area contributed by atoms with Crippen molar-refractivity contribution in [3.63, 3.8) is 0 Å². The highest BCUT2D eigenvalue weighted by Crippen LogP contribution is 2.30. The third kappa shape index (κ3) is 3.06. The summed E-state index contributed by atoms with van der Waals surface area (Å²) in [5.41, 5.74) is 3.63. The third-order valence-electron chi connectivity index (χ3n) is 5.83. The Morgan fingerprint density at radius 2 is 1.45 bits per heavy atom. The number of pyridine rings is 1. The van der Waals surface area contributed by atoms with Gasteiger partial charge in [0, 0.05) is 43.3 Å². The fourth-order valence-corrected chi connectivity index (χ4v) is 4.26. The molecule has 0 amide bonds. The van der Waals surface area contributed by atoms with E-state index in [9.17, 15) is 0 Å². The van der Waals surface area contributed by atoms with Gasteiger partial charge in [0.25, 0.3) is 0 Å². The number of benzene rings is 2. The lowest BCUT2D eigenvalue weighted by Crippen LogP contribution is -2.47. The Morgan fingerprint density at radius 1 is 0.710 bits per heavy atom. The van der Waals surface area contributed by atoms with Crippen molar-refractivity contribution in [2.24, 2.45) is 0 Å². The highest BCUT2D eigenvalue weighted by Gasteiger charge is 2.23. The number of fused-ring (bicyclic) bond motifs is 3. The van der Waals surface area contributed by atoms with Crippen LogP contribution >= 0.6 is 0 Å². The van der Waals surface area contributed by atoms with Crippen molar-refractivity contribution in [2.75, 3.05) is 36.0 Å². The van der Waals surface area contributed by atoms with Crippen LogP contribution in [0.4, 0.5) is 11.6 Å². The van der Waals surface area contributed by atoms with Crippen LogP contribution in [0.1, 0.15) is 0 Å². The van der Waals surface area contributed by atoms with Crippen LogP contribution in [0.15, 0.2) is 79.0 Å². The van der Waals surface area contributed by atoms with Crippen molar-refractivity contribution < 1.29 is 0 Å². The van der Waals surface area contributed by atoms with Crippen molar-refractivity contribution in [1.29, 1.82) is 0 Å². The quantitative estimate of drug-likeness (QED) is 0.455. The topological polar surface area (TPSA) is 62.5 Å². The summed E-state index contributed by atoms with van der Waals surface area (Å²) in [6.45, 7) is 3.57. The van der Waals surface area contributed by atoms with E-state index < -0.39 is 0 Å². The van der Waals surface area contributed by atoms with Gasteiger partial charge >= 0.3 is 0 Å². The van der Waals surface area contributed by atoms with Crippen LogP contribution < -0.4 is 9.80 Å². The summed E-state index contributed by atoms with van der Waals surface area (Å²) >= 11 is 0. The number of rotatable bonds is 3. The average Bonchev–Trinajstić information content (AvgIpc) is 3.29. The zero-order valence-corrected chi connectivity index (χ0v) is 17.0. The molecule has 2 aromatic carbocycles. The number of piperazine rings is 1. The summed E-state index contributed by atoms with van der Waals surface area (Å²) in [6, 6.07) is 24.5. The van der Waals surface area contributed by atoms with E-state index >= 15 is 0 Å². The number of para-hydroxylation sites is 1. The Balaban J connectivity index is 1.42. The van der Waals surface area contributed by atoms with Crippen LogP contribution in [0.5, 0.6) is 0 Å². The van der Waals surface area contributed by atoms with Gasteiger partial charge in [-0.25, -0.2) is 9.97 Å². The number of anilines is 2. The molecule has 1 aliphatic rings. The molecule has 6 rings (SSSR count). The zero-order chi connectivity index (χ0) is 20.6. The minimum Gasteiger partial charge on any atom is -0.353 e. The molecule has 5 aromatic rings. The van der Waals surface area contributed by atoms with Gasteiger partial charge in [0.1, 0.15) is 17.3 Å². The molecule has 0 aliphatic carbocycles. The van der Waals surface area contributed by atoms with E-state index in [2.05, 4.69) is 49.4 Å². The molecule has 4 heterocycles. The molecule has 7 heteroatoms. The molecule has 1 aliphatic heterocycles. The second-order valence-corrected chi connectivity index (χ2v) is 7.65. The molecular formula is C24H21N7. The molecule has 152 valence electrons. The minimum absolute atomic E-state index is 0.784.